The second-order valence-corrected chi connectivity index (χ2v) is 3.97. The molecule has 0 fully saturated rings. The van der Waals surface area contributed by atoms with E-state index in [1.165, 1.54) is 18.2 Å². The summed E-state index contributed by atoms with van der Waals surface area (Å²) in [5.74, 6) is -0.160. The molecule has 6 heteroatoms. The van der Waals surface area contributed by atoms with Gasteiger partial charge in [0.2, 0.25) is 0 Å². The Morgan fingerprint density at radius 2 is 1.89 bits per heavy atom. The Labute approximate surface area is 106 Å². The highest BCUT2D eigenvalue weighted by atomic mass is 35.5. The van der Waals surface area contributed by atoms with Crippen molar-refractivity contribution in [2.45, 2.75) is 6.18 Å². The highest BCUT2D eigenvalue weighted by Crippen LogP contribution is 2.34. The summed E-state index contributed by atoms with van der Waals surface area (Å²) in [5.41, 5.74) is -0.277. The van der Waals surface area contributed by atoms with Crippen LogP contribution in [0, 0.1) is 0 Å². The molecule has 0 radical (unpaired) electrons. The average molecular weight is 274 g/mol. The first-order valence-corrected chi connectivity index (χ1v) is 5.28. The van der Waals surface area contributed by atoms with Crippen LogP contribution in [0.1, 0.15) is 5.56 Å². The van der Waals surface area contributed by atoms with Gasteiger partial charge in [-0.25, -0.2) is 4.98 Å². The summed E-state index contributed by atoms with van der Waals surface area (Å²) < 4.78 is 37.7. The third-order valence-corrected chi connectivity index (χ3v) is 2.63. The summed E-state index contributed by atoms with van der Waals surface area (Å²) in [7, 11) is 0. The Bertz CT molecular complexity index is 584. The van der Waals surface area contributed by atoms with Crippen molar-refractivity contribution in [3.8, 4) is 16.9 Å². The first kappa shape index (κ1) is 12.7. The molecule has 0 unspecified atom stereocenters. The Balaban J connectivity index is 2.55. The number of nitrogens with zero attached hydrogens (tertiary/aromatic N) is 1. The van der Waals surface area contributed by atoms with Crippen molar-refractivity contribution >= 4 is 11.6 Å². The van der Waals surface area contributed by atoms with Gasteiger partial charge in [-0.1, -0.05) is 23.7 Å². The molecule has 0 aliphatic heterocycles. The lowest BCUT2D eigenvalue weighted by molar-refractivity contribution is -0.137. The number of benzene rings is 1. The van der Waals surface area contributed by atoms with Gasteiger partial charge in [0.15, 0.2) is 0 Å². The number of aromatic nitrogens is 1. The van der Waals surface area contributed by atoms with Crippen LogP contribution in [0.15, 0.2) is 36.5 Å². The number of alkyl halides is 3. The van der Waals surface area contributed by atoms with Crippen molar-refractivity contribution < 1.29 is 18.3 Å². The van der Waals surface area contributed by atoms with Crippen molar-refractivity contribution in [2.24, 2.45) is 0 Å². The first-order valence-electron chi connectivity index (χ1n) is 4.90. The molecule has 0 saturated heterocycles. The molecule has 18 heavy (non-hydrogen) atoms. The number of halogens is 4. The van der Waals surface area contributed by atoms with Gasteiger partial charge < -0.3 is 5.11 Å². The summed E-state index contributed by atoms with van der Waals surface area (Å²) in [6.07, 6.45) is -3.30. The number of hydrogen-bond acceptors (Lipinski definition) is 2. The van der Waals surface area contributed by atoms with E-state index >= 15 is 0 Å². The van der Waals surface area contributed by atoms with Crippen molar-refractivity contribution in [2.75, 3.05) is 0 Å². The van der Waals surface area contributed by atoms with E-state index < -0.39 is 11.7 Å². The molecule has 2 rings (SSSR count). The van der Waals surface area contributed by atoms with E-state index in [1.807, 2.05) is 0 Å². The van der Waals surface area contributed by atoms with Crippen LogP contribution in [0.25, 0.3) is 11.1 Å². The van der Waals surface area contributed by atoms with Crippen LogP contribution in [0.3, 0.4) is 0 Å². The van der Waals surface area contributed by atoms with Crippen molar-refractivity contribution in [1.29, 1.82) is 0 Å². The lowest BCUT2D eigenvalue weighted by Crippen LogP contribution is -2.04. The fourth-order valence-corrected chi connectivity index (χ4v) is 1.72. The van der Waals surface area contributed by atoms with Crippen LogP contribution in [0.5, 0.6) is 5.75 Å². The maximum atomic E-state index is 12.6. The second kappa shape index (κ2) is 4.49. The third-order valence-electron chi connectivity index (χ3n) is 2.33. The van der Waals surface area contributed by atoms with Crippen LogP contribution in [0.4, 0.5) is 13.2 Å². The monoisotopic (exact) mass is 273 g/mol. The third kappa shape index (κ3) is 2.56. The molecule has 0 aliphatic rings. The molecule has 1 N–H and O–H groups in total. The topological polar surface area (TPSA) is 33.1 Å². The maximum Gasteiger partial charge on any atom is 0.416 e. The Hall–Kier alpha value is -1.75. The van der Waals surface area contributed by atoms with E-state index in [1.54, 1.807) is 0 Å². The summed E-state index contributed by atoms with van der Waals surface area (Å²) in [5, 5.41) is 9.32. The summed E-state index contributed by atoms with van der Waals surface area (Å²) in [6.45, 7) is 0. The fourth-order valence-electron chi connectivity index (χ4n) is 1.50. The highest BCUT2D eigenvalue weighted by molar-refractivity contribution is 6.32. The predicted molar refractivity (Wildman–Crippen MR) is 61.3 cm³/mol. The molecule has 0 saturated carbocycles. The Morgan fingerprint density at radius 3 is 2.56 bits per heavy atom. The van der Waals surface area contributed by atoms with Gasteiger partial charge in [0.05, 0.1) is 11.8 Å². The lowest BCUT2D eigenvalue weighted by atomic mass is 10.0. The molecule has 0 aliphatic carbocycles. The Morgan fingerprint density at radius 1 is 1.17 bits per heavy atom. The molecule has 2 nitrogen and oxygen atoms in total. The molecule has 1 aromatic heterocycles. The van der Waals surface area contributed by atoms with Crippen molar-refractivity contribution in [1.82, 2.24) is 4.98 Å². The molecule has 0 bridgehead atoms. The van der Waals surface area contributed by atoms with E-state index in [4.69, 9.17) is 11.6 Å². The largest absolute Gasteiger partial charge is 0.506 e. The molecule has 0 atom stereocenters. The quantitative estimate of drug-likeness (QED) is 0.793. The zero-order chi connectivity index (χ0) is 13.3. The van der Waals surface area contributed by atoms with Gasteiger partial charge in [-0.15, -0.1) is 0 Å². The summed E-state index contributed by atoms with van der Waals surface area (Å²) >= 11 is 5.79. The van der Waals surface area contributed by atoms with Gasteiger partial charge >= 0.3 is 6.18 Å². The van der Waals surface area contributed by atoms with Gasteiger partial charge in [0.1, 0.15) is 10.9 Å². The van der Waals surface area contributed by atoms with Gasteiger partial charge in [-0.2, -0.15) is 13.2 Å². The second-order valence-electron chi connectivity index (χ2n) is 3.61. The number of pyridine rings is 1. The van der Waals surface area contributed by atoms with Gasteiger partial charge in [0.25, 0.3) is 0 Å². The van der Waals surface area contributed by atoms with E-state index in [0.717, 1.165) is 18.3 Å². The molecule has 0 amide bonds. The molecule has 2 aromatic rings. The summed E-state index contributed by atoms with van der Waals surface area (Å²) in [6, 6.07) is 5.94. The maximum absolute atomic E-state index is 12.6. The van der Waals surface area contributed by atoms with Crippen LogP contribution in [0.2, 0.25) is 5.15 Å². The standard InChI is InChI=1S/C12H7ClF3NO/c13-11-10(5-9(18)6-17-11)7-2-1-3-8(4-7)12(14,15)16/h1-6,18H. The molecule has 1 aromatic carbocycles. The zero-order valence-corrected chi connectivity index (χ0v) is 9.63. The highest BCUT2D eigenvalue weighted by Gasteiger charge is 2.30. The van der Waals surface area contributed by atoms with E-state index in [9.17, 15) is 18.3 Å². The molecule has 94 valence electrons. The normalized spacial score (nSPS) is 11.6. The van der Waals surface area contributed by atoms with Crippen LogP contribution in [-0.2, 0) is 6.18 Å². The van der Waals surface area contributed by atoms with Crippen LogP contribution < -0.4 is 0 Å². The zero-order valence-electron chi connectivity index (χ0n) is 8.87. The SMILES string of the molecule is Oc1cnc(Cl)c(-c2cccc(C(F)(F)F)c2)c1. The first-order chi connectivity index (χ1) is 8.38. The molecule has 0 spiro atoms. The van der Waals surface area contributed by atoms with E-state index in [2.05, 4.69) is 4.98 Å². The average Bonchev–Trinajstić information content (AvgIpc) is 2.31. The van der Waals surface area contributed by atoms with Gasteiger partial charge in [-0.3, -0.25) is 0 Å². The Kier molecular flexibility index (Phi) is 3.17. The van der Waals surface area contributed by atoms with Crippen LogP contribution >= 0.6 is 11.6 Å². The molecular formula is C12H7ClF3NO. The smallest absolute Gasteiger partial charge is 0.416 e. The van der Waals surface area contributed by atoms with E-state index in [0.29, 0.717) is 0 Å². The minimum absolute atomic E-state index is 0.0344. The number of hydrogen-bond donors (Lipinski definition) is 1. The van der Waals surface area contributed by atoms with Gasteiger partial charge in [0, 0.05) is 5.56 Å². The minimum atomic E-state index is -4.42. The predicted octanol–water partition coefficient (Wildman–Crippen LogP) is 4.13. The van der Waals surface area contributed by atoms with Crippen molar-refractivity contribution in [3.05, 3.63) is 47.2 Å². The molecular weight excluding hydrogens is 267 g/mol. The van der Waals surface area contributed by atoms with Crippen molar-refractivity contribution in [3.63, 3.8) is 0 Å². The minimum Gasteiger partial charge on any atom is -0.506 e. The lowest BCUT2D eigenvalue weighted by Gasteiger charge is -2.09. The molecule has 1 heterocycles. The number of aromatic hydroxyl groups is 1. The van der Waals surface area contributed by atoms with Gasteiger partial charge in [-0.05, 0) is 23.8 Å². The van der Waals surface area contributed by atoms with E-state index in [-0.39, 0.29) is 22.0 Å². The summed E-state index contributed by atoms with van der Waals surface area (Å²) in [4.78, 5) is 3.68. The number of rotatable bonds is 1. The van der Waals surface area contributed by atoms with Crippen LogP contribution in [-0.4, -0.2) is 10.1 Å². The fraction of sp³-hybridized carbons (Fsp3) is 0.0833.